The van der Waals surface area contributed by atoms with Crippen molar-refractivity contribution in [2.75, 3.05) is 44.2 Å². The second kappa shape index (κ2) is 9.46. The van der Waals surface area contributed by atoms with Crippen molar-refractivity contribution in [3.63, 3.8) is 0 Å². The molecule has 1 aromatic carbocycles. The smallest absolute Gasteiger partial charge is 0.338 e. The average molecular weight is 464 g/mol. The number of anilines is 1. The van der Waals surface area contributed by atoms with E-state index in [1.807, 2.05) is 0 Å². The van der Waals surface area contributed by atoms with Crippen LogP contribution in [0.25, 0.3) is 0 Å². The number of alkyl halides is 3. The summed E-state index contributed by atoms with van der Waals surface area (Å²) in [5, 5.41) is -0.255. The molecule has 0 saturated carbocycles. The van der Waals surface area contributed by atoms with Gasteiger partial charge in [-0.05, 0) is 37.2 Å². The van der Waals surface area contributed by atoms with Crippen molar-refractivity contribution in [2.45, 2.75) is 17.5 Å². The molecule has 164 valence electrons. The van der Waals surface area contributed by atoms with Crippen LogP contribution < -0.4 is 9.62 Å². The number of halogens is 4. The van der Waals surface area contributed by atoms with E-state index in [0.29, 0.717) is 25.0 Å². The summed E-state index contributed by atoms with van der Waals surface area (Å²) < 4.78 is 65.7. The first kappa shape index (κ1) is 22.7. The monoisotopic (exact) mass is 463 g/mol. The molecular weight excluding hydrogens is 443 g/mol. The molecule has 0 bridgehead atoms. The van der Waals surface area contributed by atoms with Crippen molar-refractivity contribution in [3.05, 3.63) is 47.2 Å². The van der Waals surface area contributed by atoms with E-state index < -0.39 is 26.7 Å². The van der Waals surface area contributed by atoms with Gasteiger partial charge in [0.1, 0.15) is 4.90 Å². The van der Waals surface area contributed by atoms with Gasteiger partial charge in [0.15, 0.2) is 0 Å². The number of benzene rings is 1. The molecule has 0 atom stereocenters. The Morgan fingerprint density at radius 1 is 1.10 bits per heavy atom. The van der Waals surface area contributed by atoms with Crippen molar-refractivity contribution >= 4 is 27.6 Å². The summed E-state index contributed by atoms with van der Waals surface area (Å²) in [7, 11) is -4.15. The van der Waals surface area contributed by atoms with Crippen LogP contribution in [-0.4, -0.2) is 62.6 Å². The molecule has 1 aliphatic heterocycles. The van der Waals surface area contributed by atoms with Crippen LogP contribution >= 0.6 is 11.6 Å². The molecule has 1 N–H and O–H groups in total. The Balaban J connectivity index is 1.48. The number of nitrogens with one attached hydrogen (secondary N) is 1. The molecule has 0 amide bonds. The average Bonchev–Trinajstić information content (AvgIpc) is 2.72. The highest BCUT2D eigenvalue weighted by atomic mass is 35.5. The van der Waals surface area contributed by atoms with E-state index in [9.17, 15) is 21.6 Å². The predicted octanol–water partition coefficient (Wildman–Crippen LogP) is 2.64. The van der Waals surface area contributed by atoms with Crippen LogP contribution in [0.3, 0.4) is 0 Å². The van der Waals surface area contributed by atoms with Crippen LogP contribution in [0.4, 0.5) is 19.1 Å². The van der Waals surface area contributed by atoms with Gasteiger partial charge >= 0.3 is 6.18 Å². The Kier molecular flexibility index (Phi) is 7.17. The lowest BCUT2D eigenvalue weighted by Gasteiger charge is -2.34. The van der Waals surface area contributed by atoms with Crippen LogP contribution in [0.2, 0.25) is 5.02 Å². The van der Waals surface area contributed by atoms with Crippen LogP contribution in [0.5, 0.6) is 0 Å². The van der Waals surface area contributed by atoms with E-state index >= 15 is 0 Å². The zero-order chi connectivity index (χ0) is 21.8. The first-order valence-corrected chi connectivity index (χ1v) is 11.1. The number of rotatable bonds is 7. The molecule has 7 nitrogen and oxygen atoms in total. The molecule has 0 radical (unpaired) electrons. The largest absolute Gasteiger partial charge is 0.416 e. The van der Waals surface area contributed by atoms with Gasteiger partial charge < -0.3 is 4.90 Å². The molecule has 1 aliphatic rings. The van der Waals surface area contributed by atoms with Crippen molar-refractivity contribution in [1.82, 2.24) is 19.6 Å². The number of sulfonamides is 1. The minimum absolute atomic E-state index is 0.0942. The number of hydrogen-bond acceptors (Lipinski definition) is 6. The van der Waals surface area contributed by atoms with E-state index in [4.69, 9.17) is 11.6 Å². The second-order valence-electron chi connectivity index (χ2n) is 6.77. The van der Waals surface area contributed by atoms with Gasteiger partial charge in [0.05, 0.1) is 10.6 Å². The van der Waals surface area contributed by atoms with Crippen molar-refractivity contribution in [3.8, 4) is 0 Å². The quantitative estimate of drug-likeness (QED) is 0.636. The van der Waals surface area contributed by atoms with Crippen LogP contribution in [0.1, 0.15) is 12.0 Å². The van der Waals surface area contributed by atoms with Gasteiger partial charge in [-0.15, -0.1) is 0 Å². The molecule has 2 aromatic rings. The van der Waals surface area contributed by atoms with E-state index in [1.165, 1.54) is 0 Å². The highest BCUT2D eigenvalue weighted by Gasteiger charge is 2.32. The van der Waals surface area contributed by atoms with E-state index in [1.54, 1.807) is 18.5 Å². The molecule has 0 aliphatic carbocycles. The van der Waals surface area contributed by atoms with Crippen LogP contribution in [0, 0.1) is 0 Å². The second-order valence-corrected chi connectivity index (χ2v) is 8.91. The Morgan fingerprint density at radius 3 is 2.40 bits per heavy atom. The SMILES string of the molecule is O=S(=O)(NCCCN1CCN(c2ncccn2)CC1)c1cc(C(F)(F)F)ccc1Cl. The highest BCUT2D eigenvalue weighted by molar-refractivity contribution is 7.89. The van der Waals surface area contributed by atoms with Crippen molar-refractivity contribution < 1.29 is 21.6 Å². The Bertz CT molecular complexity index is 952. The molecule has 2 heterocycles. The molecule has 12 heteroatoms. The Labute approximate surface area is 177 Å². The van der Waals surface area contributed by atoms with Crippen molar-refractivity contribution in [2.24, 2.45) is 0 Å². The molecule has 1 aromatic heterocycles. The summed E-state index contributed by atoms with van der Waals surface area (Å²) in [6.07, 6.45) is -0.756. The lowest BCUT2D eigenvalue weighted by molar-refractivity contribution is -0.137. The molecule has 30 heavy (non-hydrogen) atoms. The highest BCUT2D eigenvalue weighted by Crippen LogP contribution is 2.33. The van der Waals surface area contributed by atoms with Gasteiger partial charge in [-0.1, -0.05) is 11.6 Å². The van der Waals surface area contributed by atoms with Crippen LogP contribution in [0.15, 0.2) is 41.6 Å². The Hall–Kier alpha value is -1.95. The lowest BCUT2D eigenvalue weighted by Crippen LogP contribution is -2.47. The standard InChI is InChI=1S/C18H21ClF3N5O2S/c19-15-4-3-14(18(20,21)22)13-16(15)30(28,29)25-7-2-8-26-9-11-27(12-10-26)17-23-5-1-6-24-17/h1,3-6,13,25H,2,7-12H2. The van der Waals surface area contributed by atoms with Gasteiger partial charge in [-0.2, -0.15) is 13.2 Å². The topological polar surface area (TPSA) is 78.4 Å². The number of aromatic nitrogens is 2. The number of piperazine rings is 1. The third kappa shape index (κ3) is 5.81. The maximum absolute atomic E-state index is 12.9. The van der Waals surface area contributed by atoms with E-state index in [-0.39, 0.29) is 11.6 Å². The summed E-state index contributed by atoms with van der Waals surface area (Å²) in [6, 6.07) is 4.00. The third-order valence-corrected chi connectivity index (χ3v) is 6.64. The summed E-state index contributed by atoms with van der Waals surface area (Å²) in [5.74, 6) is 0.683. The van der Waals surface area contributed by atoms with E-state index in [0.717, 1.165) is 38.3 Å². The molecular formula is C18H21ClF3N5O2S. The minimum Gasteiger partial charge on any atom is -0.338 e. The molecule has 1 fully saturated rings. The van der Waals surface area contributed by atoms with Crippen molar-refractivity contribution in [1.29, 1.82) is 0 Å². The summed E-state index contributed by atoms with van der Waals surface area (Å²) >= 11 is 5.82. The number of hydrogen-bond donors (Lipinski definition) is 1. The summed E-state index contributed by atoms with van der Waals surface area (Å²) in [6.45, 7) is 3.83. The summed E-state index contributed by atoms with van der Waals surface area (Å²) in [4.78, 5) is 12.1. The molecule has 3 rings (SSSR count). The maximum Gasteiger partial charge on any atom is 0.416 e. The first-order chi connectivity index (χ1) is 14.2. The zero-order valence-electron chi connectivity index (χ0n) is 15.9. The van der Waals surface area contributed by atoms with Crippen LogP contribution in [-0.2, 0) is 16.2 Å². The normalized spacial score (nSPS) is 16.1. The fraction of sp³-hybridized carbons (Fsp3) is 0.444. The number of nitrogens with zero attached hydrogens (tertiary/aromatic N) is 4. The summed E-state index contributed by atoms with van der Waals surface area (Å²) in [5.41, 5.74) is -1.06. The van der Waals surface area contributed by atoms with Gasteiger partial charge in [0.2, 0.25) is 16.0 Å². The third-order valence-electron chi connectivity index (χ3n) is 4.70. The zero-order valence-corrected chi connectivity index (χ0v) is 17.5. The van der Waals surface area contributed by atoms with Gasteiger partial charge in [-0.3, -0.25) is 4.90 Å². The van der Waals surface area contributed by atoms with Gasteiger partial charge in [-0.25, -0.2) is 23.1 Å². The molecule has 0 unspecified atom stereocenters. The maximum atomic E-state index is 12.9. The fourth-order valence-corrected chi connectivity index (χ4v) is 4.70. The minimum atomic E-state index is -4.65. The van der Waals surface area contributed by atoms with Gasteiger partial charge in [0.25, 0.3) is 0 Å². The lowest BCUT2D eigenvalue weighted by atomic mass is 10.2. The van der Waals surface area contributed by atoms with Gasteiger partial charge in [0, 0.05) is 45.1 Å². The predicted molar refractivity (Wildman–Crippen MR) is 107 cm³/mol. The van der Waals surface area contributed by atoms with E-state index in [2.05, 4.69) is 24.5 Å². The first-order valence-electron chi connectivity index (χ1n) is 9.27. The fourth-order valence-electron chi connectivity index (χ4n) is 3.10. The molecule has 1 saturated heterocycles. The molecule has 0 spiro atoms. The Morgan fingerprint density at radius 2 is 1.77 bits per heavy atom.